The van der Waals surface area contributed by atoms with Crippen molar-refractivity contribution in [1.82, 2.24) is 0 Å². The summed E-state index contributed by atoms with van der Waals surface area (Å²) in [6, 6.07) is 16.7. The average molecular weight is 359 g/mol. The van der Waals surface area contributed by atoms with Crippen molar-refractivity contribution in [3.8, 4) is 12.1 Å². The molecule has 1 unspecified atom stereocenters. The van der Waals surface area contributed by atoms with Gasteiger partial charge in [0, 0.05) is 12.3 Å². The molecule has 1 atom stereocenters. The maximum atomic E-state index is 12.3. The number of Topliss-reactive ketones (excluding diaryl/α,β-unsaturated/α-hetero) is 1. The lowest BCUT2D eigenvalue weighted by molar-refractivity contribution is 0.0976. The van der Waals surface area contributed by atoms with E-state index in [-0.39, 0.29) is 12.2 Å². The van der Waals surface area contributed by atoms with Gasteiger partial charge in [0.1, 0.15) is 0 Å². The van der Waals surface area contributed by atoms with Crippen LogP contribution in [-0.2, 0) is 0 Å². The first-order valence-electron chi connectivity index (χ1n) is 6.24. The maximum absolute atomic E-state index is 12.3. The minimum absolute atomic E-state index is 0.0619. The highest BCUT2D eigenvalue weighted by atomic mass is 79.9. The van der Waals surface area contributed by atoms with Gasteiger partial charge < -0.3 is 0 Å². The van der Waals surface area contributed by atoms with Crippen molar-refractivity contribution in [2.45, 2.75) is 16.7 Å². The molecule has 0 amide bonds. The number of alkyl halides is 1. The zero-order chi connectivity index (χ0) is 15.3. The van der Waals surface area contributed by atoms with Crippen molar-refractivity contribution >= 4 is 33.0 Å². The van der Waals surface area contributed by atoms with Crippen molar-refractivity contribution in [3.63, 3.8) is 0 Å². The molecule has 2 aromatic rings. The Hall–Kier alpha value is -1.95. The van der Waals surface area contributed by atoms with Gasteiger partial charge in [0.05, 0.1) is 17.0 Å². The number of ketones is 1. The first kappa shape index (κ1) is 15.4. The number of halogens is 1. The van der Waals surface area contributed by atoms with Gasteiger partial charge in [-0.2, -0.15) is 10.5 Å². The molecule has 5 heteroatoms. The zero-order valence-electron chi connectivity index (χ0n) is 11.0. The summed E-state index contributed by atoms with van der Waals surface area (Å²) in [7, 11) is 0. The molecule has 104 valence electrons. The SMILES string of the molecule is N#CC(Br)(C#N)C(CC(=O)c1cccs1)c1ccccc1. The summed E-state index contributed by atoms with van der Waals surface area (Å²) in [6.45, 7) is 0. The van der Waals surface area contributed by atoms with Crippen LogP contribution in [0.3, 0.4) is 0 Å². The maximum Gasteiger partial charge on any atom is 0.204 e. The van der Waals surface area contributed by atoms with Gasteiger partial charge in [-0.15, -0.1) is 11.3 Å². The monoisotopic (exact) mass is 358 g/mol. The largest absolute Gasteiger partial charge is 0.293 e. The second kappa shape index (κ2) is 6.67. The Morgan fingerprint density at radius 2 is 1.86 bits per heavy atom. The summed E-state index contributed by atoms with van der Waals surface area (Å²) in [4.78, 5) is 13.0. The lowest BCUT2D eigenvalue weighted by atomic mass is 9.83. The molecule has 3 nitrogen and oxygen atoms in total. The van der Waals surface area contributed by atoms with E-state index in [0.717, 1.165) is 5.56 Å². The number of nitrogens with zero attached hydrogens (tertiary/aromatic N) is 2. The first-order valence-corrected chi connectivity index (χ1v) is 7.91. The number of hydrogen-bond donors (Lipinski definition) is 0. The van der Waals surface area contributed by atoms with Crippen LogP contribution in [0.5, 0.6) is 0 Å². The Balaban J connectivity index is 2.36. The molecule has 2 rings (SSSR count). The fourth-order valence-electron chi connectivity index (χ4n) is 2.08. The van der Waals surface area contributed by atoms with Crippen LogP contribution in [0.2, 0.25) is 0 Å². The molecular formula is C16H11BrN2OS. The second-order valence-electron chi connectivity index (χ2n) is 4.50. The Labute approximate surface area is 135 Å². The van der Waals surface area contributed by atoms with E-state index in [9.17, 15) is 15.3 Å². The van der Waals surface area contributed by atoms with Crippen LogP contribution >= 0.6 is 27.3 Å². The van der Waals surface area contributed by atoms with Crippen LogP contribution < -0.4 is 0 Å². The van der Waals surface area contributed by atoms with Gasteiger partial charge in [-0.25, -0.2) is 0 Å². The van der Waals surface area contributed by atoms with Crippen molar-refractivity contribution in [1.29, 1.82) is 10.5 Å². The summed E-state index contributed by atoms with van der Waals surface area (Å²) < 4.78 is -1.42. The highest BCUT2D eigenvalue weighted by Gasteiger charge is 2.39. The van der Waals surface area contributed by atoms with E-state index < -0.39 is 10.2 Å². The predicted octanol–water partition coefficient (Wildman–Crippen LogP) is 4.29. The Morgan fingerprint density at radius 1 is 1.19 bits per heavy atom. The lowest BCUT2D eigenvalue weighted by Gasteiger charge is -2.23. The minimum Gasteiger partial charge on any atom is -0.293 e. The number of thiophene rings is 1. The van der Waals surface area contributed by atoms with E-state index in [2.05, 4.69) is 15.9 Å². The molecule has 1 aromatic heterocycles. The topological polar surface area (TPSA) is 64.7 Å². The second-order valence-corrected chi connectivity index (χ2v) is 6.70. The molecule has 0 radical (unpaired) electrons. The first-order chi connectivity index (χ1) is 10.1. The van der Waals surface area contributed by atoms with Crippen molar-refractivity contribution in [2.24, 2.45) is 0 Å². The quantitative estimate of drug-likeness (QED) is 0.591. The fourth-order valence-corrected chi connectivity index (χ4v) is 3.18. The van der Waals surface area contributed by atoms with E-state index in [1.807, 2.05) is 53.9 Å². The molecule has 0 fully saturated rings. The van der Waals surface area contributed by atoms with E-state index in [1.54, 1.807) is 6.07 Å². The summed E-state index contributed by atoms with van der Waals surface area (Å²) in [6.07, 6.45) is 0.108. The van der Waals surface area contributed by atoms with Gasteiger partial charge in [0.25, 0.3) is 0 Å². The summed E-state index contributed by atoms with van der Waals surface area (Å²) in [5.41, 5.74) is 0.794. The van der Waals surface area contributed by atoms with Crippen molar-refractivity contribution in [3.05, 3.63) is 58.3 Å². The number of hydrogen-bond acceptors (Lipinski definition) is 4. The Morgan fingerprint density at radius 3 is 2.38 bits per heavy atom. The fraction of sp³-hybridized carbons (Fsp3) is 0.188. The van der Waals surface area contributed by atoms with Gasteiger partial charge in [-0.3, -0.25) is 4.79 Å². The molecule has 0 aliphatic carbocycles. The third-order valence-corrected chi connectivity index (χ3v) is 5.01. The van der Waals surface area contributed by atoms with Crippen LogP contribution in [0.25, 0.3) is 0 Å². The smallest absolute Gasteiger partial charge is 0.204 e. The zero-order valence-corrected chi connectivity index (χ0v) is 13.4. The van der Waals surface area contributed by atoms with Crippen molar-refractivity contribution < 1.29 is 4.79 Å². The average Bonchev–Trinajstić information content (AvgIpc) is 3.07. The summed E-state index contributed by atoms with van der Waals surface area (Å²) in [5, 5.41) is 20.5. The number of nitriles is 2. The standard InChI is InChI=1S/C16H11BrN2OS/c17-16(10-18,11-19)13(12-5-2-1-3-6-12)9-14(20)15-7-4-8-21-15/h1-8,13H,9H2. The van der Waals surface area contributed by atoms with Crippen LogP contribution in [0.15, 0.2) is 47.8 Å². The third kappa shape index (κ3) is 3.39. The normalized spacial score (nSPS) is 12.1. The predicted molar refractivity (Wildman–Crippen MR) is 85.3 cm³/mol. The molecule has 0 bridgehead atoms. The summed E-state index contributed by atoms with van der Waals surface area (Å²) >= 11 is 4.57. The van der Waals surface area contributed by atoms with E-state index in [0.29, 0.717) is 4.88 Å². The van der Waals surface area contributed by atoms with Gasteiger partial charge >= 0.3 is 0 Å². The molecule has 0 saturated carbocycles. The molecule has 0 saturated heterocycles. The molecule has 1 heterocycles. The van der Waals surface area contributed by atoms with Crippen LogP contribution in [0.1, 0.15) is 27.6 Å². The highest BCUT2D eigenvalue weighted by molar-refractivity contribution is 9.10. The Kier molecular flexibility index (Phi) is 4.90. The molecule has 1 aromatic carbocycles. The van der Waals surface area contributed by atoms with Crippen LogP contribution in [-0.4, -0.2) is 10.1 Å². The van der Waals surface area contributed by atoms with Gasteiger partial charge in [-0.1, -0.05) is 52.3 Å². The molecule has 0 spiro atoms. The summed E-state index contributed by atoms with van der Waals surface area (Å²) in [5.74, 6) is -0.587. The minimum atomic E-state index is -1.42. The number of rotatable bonds is 5. The van der Waals surface area contributed by atoms with Gasteiger partial charge in [-0.05, 0) is 17.0 Å². The van der Waals surface area contributed by atoms with Crippen LogP contribution in [0.4, 0.5) is 0 Å². The van der Waals surface area contributed by atoms with Gasteiger partial charge in [0.2, 0.25) is 4.32 Å². The lowest BCUT2D eigenvalue weighted by Crippen LogP contribution is -2.28. The molecule has 0 aliphatic heterocycles. The van der Waals surface area contributed by atoms with Crippen molar-refractivity contribution in [2.75, 3.05) is 0 Å². The number of carbonyl (C=O) groups is 1. The van der Waals surface area contributed by atoms with E-state index >= 15 is 0 Å². The molecule has 0 aliphatic rings. The highest BCUT2D eigenvalue weighted by Crippen LogP contribution is 2.38. The van der Waals surface area contributed by atoms with Crippen LogP contribution in [0, 0.1) is 22.7 Å². The third-order valence-electron chi connectivity index (χ3n) is 3.19. The molecular weight excluding hydrogens is 348 g/mol. The molecule has 0 N–H and O–H groups in total. The van der Waals surface area contributed by atoms with E-state index in [4.69, 9.17) is 0 Å². The number of carbonyl (C=O) groups excluding carboxylic acids is 1. The van der Waals surface area contributed by atoms with E-state index in [1.165, 1.54) is 11.3 Å². The van der Waals surface area contributed by atoms with Gasteiger partial charge in [0.15, 0.2) is 5.78 Å². The Bertz CT molecular complexity index is 684. The number of benzene rings is 1. The molecule has 21 heavy (non-hydrogen) atoms.